The molecule has 24 heavy (non-hydrogen) atoms. The molecule has 6 heteroatoms. The van der Waals surface area contributed by atoms with E-state index in [0.717, 1.165) is 30.8 Å². The van der Waals surface area contributed by atoms with Gasteiger partial charge in [-0.25, -0.2) is 0 Å². The van der Waals surface area contributed by atoms with E-state index < -0.39 is 0 Å². The van der Waals surface area contributed by atoms with Crippen molar-refractivity contribution >= 4 is 29.9 Å². The molecule has 1 aliphatic rings. The molecule has 0 radical (unpaired) electrons. The Morgan fingerprint density at radius 1 is 1.33 bits per heavy atom. The van der Waals surface area contributed by atoms with Crippen molar-refractivity contribution in [1.82, 2.24) is 10.2 Å². The van der Waals surface area contributed by atoms with Crippen LogP contribution in [0.3, 0.4) is 0 Å². The van der Waals surface area contributed by atoms with Gasteiger partial charge in [-0.3, -0.25) is 9.59 Å². The second kappa shape index (κ2) is 9.64. The molecule has 2 amide bonds. The van der Waals surface area contributed by atoms with E-state index in [2.05, 4.69) is 17.6 Å². The summed E-state index contributed by atoms with van der Waals surface area (Å²) < 4.78 is 0. The average molecular weight is 354 g/mol. The first-order valence-corrected chi connectivity index (χ1v) is 8.35. The molecule has 1 fully saturated rings. The Labute approximate surface area is 150 Å². The van der Waals surface area contributed by atoms with Gasteiger partial charge in [0.2, 0.25) is 5.91 Å². The quantitative estimate of drug-likeness (QED) is 0.855. The SMILES string of the molecule is CNCCC(=O)Nc1ccc(C(=O)N2CCCC(C)C2)cc1C.Cl. The number of carbonyl (C=O) groups is 2. The van der Waals surface area contributed by atoms with Gasteiger partial charge in [-0.15, -0.1) is 12.4 Å². The van der Waals surface area contributed by atoms with Crippen molar-refractivity contribution < 1.29 is 9.59 Å². The van der Waals surface area contributed by atoms with Crippen LogP contribution >= 0.6 is 12.4 Å². The van der Waals surface area contributed by atoms with Crippen molar-refractivity contribution in [3.8, 4) is 0 Å². The van der Waals surface area contributed by atoms with E-state index in [0.29, 0.717) is 24.4 Å². The molecule has 0 saturated carbocycles. The molecule has 0 spiro atoms. The molecule has 5 nitrogen and oxygen atoms in total. The number of aryl methyl sites for hydroxylation is 1. The Morgan fingerprint density at radius 3 is 2.71 bits per heavy atom. The number of hydrogen-bond acceptors (Lipinski definition) is 3. The third-order valence-electron chi connectivity index (χ3n) is 4.29. The molecule has 0 aliphatic carbocycles. The first kappa shape index (κ1) is 20.5. The molecule has 1 unspecified atom stereocenters. The van der Waals surface area contributed by atoms with E-state index >= 15 is 0 Å². The zero-order valence-corrected chi connectivity index (χ0v) is 15.5. The second-order valence-corrected chi connectivity index (χ2v) is 6.43. The standard InChI is InChI=1S/C18H27N3O2.ClH/c1-13-5-4-10-21(12-13)18(23)15-6-7-16(14(2)11-15)20-17(22)8-9-19-3;/h6-7,11,13,19H,4-5,8-10,12H2,1-3H3,(H,20,22);1H. The predicted molar refractivity (Wildman–Crippen MR) is 99.9 cm³/mol. The monoisotopic (exact) mass is 353 g/mol. The molecule has 1 saturated heterocycles. The summed E-state index contributed by atoms with van der Waals surface area (Å²) in [7, 11) is 1.82. The normalized spacial score (nSPS) is 17.1. The first-order chi connectivity index (χ1) is 11.0. The van der Waals surface area contributed by atoms with Crippen LogP contribution in [0.15, 0.2) is 18.2 Å². The largest absolute Gasteiger partial charge is 0.338 e. The van der Waals surface area contributed by atoms with Crippen molar-refractivity contribution in [1.29, 1.82) is 0 Å². The van der Waals surface area contributed by atoms with Gasteiger partial charge in [0, 0.05) is 37.3 Å². The lowest BCUT2D eigenvalue weighted by molar-refractivity contribution is -0.116. The van der Waals surface area contributed by atoms with Gasteiger partial charge in [-0.2, -0.15) is 0 Å². The highest BCUT2D eigenvalue weighted by molar-refractivity contribution is 5.96. The number of nitrogens with one attached hydrogen (secondary N) is 2. The molecule has 1 heterocycles. The van der Waals surface area contributed by atoms with Crippen LogP contribution in [0, 0.1) is 12.8 Å². The summed E-state index contributed by atoms with van der Waals surface area (Å²) in [6, 6.07) is 5.50. The number of amides is 2. The predicted octanol–water partition coefficient (Wildman–Crippen LogP) is 2.84. The Balaban J connectivity index is 0.00000288. The number of likely N-dealkylation sites (tertiary alicyclic amines) is 1. The maximum Gasteiger partial charge on any atom is 0.253 e. The van der Waals surface area contributed by atoms with Crippen molar-refractivity contribution in [2.24, 2.45) is 5.92 Å². The highest BCUT2D eigenvalue weighted by Gasteiger charge is 2.22. The molecule has 2 rings (SSSR count). The maximum atomic E-state index is 12.6. The molecule has 134 valence electrons. The molecule has 0 bridgehead atoms. The maximum absolute atomic E-state index is 12.6. The lowest BCUT2D eigenvalue weighted by Crippen LogP contribution is -2.39. The number of piperidine rings is 1. The number of hydrogen-bond donors (Lipinski definition) is 2. The average Bonchev–Trinajstić information content (AvgIpc) is 2.54. The van der Waals surface area contributed by atoms with Gasteiger partial charge in [0.15, 0.2) is 0 Å². The number of nitrogens with zero attached hydrogens (tertiary/aromatic N) is 1. The van der Waals surface area contributed by atoms with Crippen LogP contribution in [0.1, 0.15) is 42.1 Å². The Morgan fingerprint density at radius 2 is 2.08 bits per heavy atom. The third-order valence-corrected chi connectivity index (χ3v) is 4.29. The first-order valence-electron chi connectivity index (χ1n) is 8.35. The Hall–Kier alpha value is -1.59. The van der Waals surface area contributed by atoms with Crippen LogP contribution in [0.5, 0.6) is 0 Å². The lowest BCUT2D eigenvalue weighted by Gasteiger charge is -2.31. The summed E-state index contributed by atoms with van der Waals surface area (Å²) in [5.41, 5.74) is 2.39. The van der Waals surface area contributed by atoms with Crippen molar-refractivity contribution in [3.63, 3.8) is 0 Å². The number of benzene rings is 1. The zero-order chi connectivity index (χ0) is 16.8. The van der Waals surface area contributed by atoms with Gasteiger partial charge in [-0.1, -0.05) is 6.92 Å². The van der Waals surface area contributed by atoms with Crippen LogP contribution < -0.4 is 10.6 Å². The fourth-order valence-electron chi connectivity index (χ4n) is 2.94. The van der Waals surface area contributed by atoms with E-state index in [-0.39, 0.29) is 24.2 Å². The molecule has 1 aromatic carbocycles. The minimum Gasteiger partial charge on any atom is -0.338 e. The van der Waals surface area contributed by atoms with E-state index in [4.69, 9.17) is 0 Å². The summed E-state index contributed by atoms with van der Waals surface area (Å²) in [4.78, 5) is 26.3. The van der Waals surface area contributed by atoms with Crippen LogP contribution in [0.4, 0.5) is 5.69 Å². The van der Waals surface area contributed by atoms with E-state index in [9.17, 15) is 9.59 Å². The summed E-state index contributed by atoms with van der Waals surface area (Å²) in [5, 5.41) is 5.85. The third kappa shape index (κ3) is 5.49. The van der Waals surface area contributed by atoms with Gasteiger partial charge in [0.05, 0.1) is 0 Å². The van der Waals surface area contributed by atoms with E-state index in [1.165, 1.54) is 6.42 Å². The van der Waals surface area contributed by atoms with Crippen molar-refractivity contribution in [2.75, 3.05) is 32.0 Å². The van der Waals surface area contributed by atoms with Gasteiger partial charge in [0.25, 0.3) is 5.91 Å². The second-order valence-electron chi connectivity index (χ2n) is 6.43. The number of halogens is 1. The molecule has 1 aromatic rings. The topological polar surface area (TPSA) is 61.4 Å². The summed E-state index contributed by atoms with van der Waals surface area (Å²) in [6.07, 6.45) is 2.70. The van der Waals surface area contributed by atoms with Crippen LogP contribution in [-0.2, 0) is 4.79 Å². The van der Waals surface area contributed by atoms with E-state index in [1.807, 2.05) is 37.1 Å². The van der Waals surface area contributed by atoms with Crippen LogP contribution in [0.25, 0.3) is 0 Å². The lowest BCUT2D eigenvalue weighted by atomic mass is 9.99. The Bertz CT molecular complexity index is 577. The van der Waals surface area contributed by atoms with Gasteiger partial charge >= 0.3 is 0 Å². The molecule has 2 N–H and O–H groups in total. The van der Waals surface area contributed by atoms with Gasteiger partial charge in [-0.05, 0) is 56.5 Å². The molecular formula is C18H28ClN3O2. The fraction of sp³-hybridized carbons (Fsp3) is 0.556. The number of anilines is 1. The summed E-state index contributed by atoms with van der Waals surface area (Å²) in [5.74, 6) is 0.638. The number of carbonyl (C=O) groups excluding carboxylic acids is 2. The van der Waals surface area contributed by atoms with Gasteiger partial charge in [0.1, 0.15) is 0 Å². The van der Waals surface area contributed by atoms with Crippen molar-refractivity contribution in [2.45, 2.75) is 33.1 Å². The smallest absolute Gasteiger partial charge is 0.253 e. The minimum atomic E-state index is -0.0219. The number of rotatable bonds is 5. The van der Waals surface area contributed by atoms with Crippen molar-refractivity contribution in [3.05, 3.63) is 29.3 Å². The molecular weight excluding hydrogens is 326 g/mol. The molecule has 0 aromatic heterocycles. The molecule has 1 atom stereocenters. The summed E-state index contributed by atoms with van der Waals surface area (Å²) >= 11 is 0. The van der Waals surface area contributed by atoms with E-state index in [1.54, 1.807) is 0 Å². The fourth-order valence-corrected chi connectivity index (χ4v) is 2.94. The highest BCUT2D eigenvalue weighted by atomic mass is 35.5. The van der Waals surface area contributed by atoms with Crippen LogP contribution in [0.2, 0.25) is 0 Å². The minimum absolute atomic E-state index is 0. The highest BCUT2D eigenvalue weighted by Crippen LogP contribution is 2.21. The molecule has 1 aliphatic heterocycles. The van der Waals surface area contributed by atoms with Crippen LogP contribution in [-0.4, -0.2) is 43.4 Å². The zero-order valence-electron chi connectivity index (χ0n) is 14.7. The summed E-state index contributed by atoms with van der Waals surface area (Å²) in [6.45, 7) is 6.43. The Kier molecular flexibility index (Phi) is 8.22. The van der Waals surface area contributed by atoms with Gasteiger partial charge < -0.3 is 15.5 Å².